The van der Waals surface area contributed by atoms with Gasteiger partial charge in [0.2, 0.25) is 0 Å². The van der Waals surface area contributed by atoms with Gasteiger partial charge in [-0.05, 0) is 19.3 Å². The number of unbranched alkanes of at least 4 members (excludes halogenated alkanes) is 4. The van der Waals surface area contributed by atoms with Gasteiger partial charge in [0.25, 0.3) is 0 Å². The molecule has 0 amide bonds. The second-order valence-corrected chi connectivity index (χ2v) is 4.44. The minimum atomic E-state index is -0.865. The molecule has 0 fully saturated rings. The minimum absolute atomic E-state index is 0.323. The van der Waals surface area contributed by atoms with Gasteiger partial charge >= 0.3 is 11.9 Å². The molecule has 116 valence electrons. The van der Waals surface area contributed by atoms with Crippen LogP contribution in [0.3, 0.4) is 0 Å². The molecule has 0 heterocycles. The van der Waals surface area contributed by atoms with Gasteiger partial charge < -0.3 is 9.84 Å². The van der Waals surface area contributed by atoms with Crippen LogP contribution in [0, 0.1) is 0 Å². The molecule has 0 rings (SSSR count). The topological polar surface area (TPSA) is 63.6 Å². The van der Waals surface area contributed by atoms with Crippen LogP contribution < -0.4 is 0 Å². The number of hydrogen-bond acceptors (Lipinski definition) is 3. The van der Waals surface area contributed by atoms with Crippen LogP contribution in [0.25, 0.3) is 0 Å². The Balaban J connectivity index is 0. The zero-order valence-electron chi connectivity index (χ0n) is 12.8. The van der Waals surface area contributed by atoms with Crippen LogP contribution in [0.4, 0.5) is 0 Å². The van der Waals surface area contributed by atoms with Crippen molar-refractivity contribution in [3.8, 4) is 0 Å². The van der Waals surface area contributed by atoms with Gasteiger partial charge in [0, 0.05) is 11.6 Å². The third-order valence-corrected chi connectivity index (χ3v) is 2.54. The maximum atomic E-state index is 10.4. The quantitative estimate of drug-likeness (QED) is 0.372. The molecule has 0 aromatic carbocycles. The second kappa shape index (κ2) is 15.5. The van der Waals surface area contributed by atoms with Crippen LogP contribution in [0.1, 0.15) is 58.8 Å². The molecule has 4 heteroatoms. The first kappa shape index (κ1) is 20.7. The van der Waals surface area contributed by atoms with Gasteiger partial charge in [0.15, 0.2) is 0 Å². The number of aliphatic carboxylic acids is 1. The summed E-state index contributed by atoms with van der Waals surface area (Å²) in [4.78, 5) is 20.6. The fourth-order valence-electron chi connectivity index (χ4n) is 1.28. The Morgan fingerprint density at radius 2 is 1.65 bits per heavy atom. The summed E-state index contributed by atoms with van der Waals surface area (Å²) in [7, 11) is 0. The van der Waals surface area contributed by atoms with E-state index in [1.807, 2.05) is 0 Å². The molecule has 0 aromatic heterocycles. The van der Waals surface area contributed by atoms with E-state index in [1.165, 1.54) is 6.08 Å². The van der Waals surface area contributed by atoms with Crippen molar-refractivity contribution < 1.29 is 19.4 Å². The van der Waals surface area contributed by atoms with Crippen LogP contribution in [0.15, 0.2) is 24.8 Å². The van der Waals surface area contributed by atoms with E-state index in [-0.39, 0.29) is 5.97 Å². The predicted octanol–water partition coefficient (Wildman–Crippen LogP) is 4.11. The summed E-state index contributed by atoms with van der Waals surface area (Å²) in [5, 5.41) is 8.38. The Morgan fingerprint density at radius 1 is 1.10 bits per heavy atom. The van der Waals surface area contributed by atoms with E-state index in [9.17, 15) is 9.59 Å². The molecule has 20 heavy (non-hydrogen) atoms. The first-order valence-corrected chi connectivity index (χ1v) is 7.19. The summed E-state index contributed by atoms with van der Waals surface area (Å²) in [6, 6.07) is 0. The van der Waals surface area contributed by atoms with Gasteiger partial charge in [-0.25, -0.2) is 9.59 Å². The van der Waals surface area contributed by atoms with Crippen molar-refractivity contribution in [2.24, 2.45) is 0 Å². The Labute approximate surface area is 122 Å². The molecule has 0 radical (unpaired) electrons. The van der Waals surface area contributed by atoms with Crippen molar-refractivity contribution in [3.63, 3.8) is 0 Å². The lowest BCUT2D eigenvalue weighted by Crippen LogP contribution is -2.01. The number of esters is 1. The Hall–Kier alpha value is -1.58. The van der Waals surface area contributed by atoms with Gasteiger partial charge in [0.05, 0.1) is 6.61 Å². The van der Waals surface area contributed by atoms with E-state index in [1.54, 1.807) is 0 Å². The molecule has 0 aliphatic heterocycles. The number of carboxylic acids is 1. The Kier molecular flexibility index (Phi) is 16.0. The summed E-state index contributed by atoms with van der Waals surface area (Å²) in [6.45, 7) is 11.4. The lowest BCUT2D eigenvalue weighted by Gasteiger charge is -1.98. The first-order chi connectivity index (χ1) is 9.49. The molecular weight excluding hydrogens is 256 g/mol. The van der Waals surface area contributed by atoms with Gasteiger partial charge in [-0.2, -0.15) is 0 Å². The smallest absolute Gasteiger partial charge is 0.330 e. The fourth-order valence-corrected chi connectivity index (χ4v) is 1.28. The molecule has 0 atom stereocenters. The van der Waals surface area contributed by atoms with E-state index in [0.29, 0.717) is 18.6 Å². The standard InChI is InChI=1S/2C8H14O2/c1-3-4-5-6-7(2)8(9)10;1-3-5-6-7-10-8(9)4-2/h2-6H2,1H3,(H,9,10);4H,2-3,5-7H2,1H3. The third kappa shape index (κ3) is 16.4. The summed E-state index contributed by atoms with van der Waals surface area (Å²) >= 11 is 0. The average Bonchev–Trinajstić information content (AvgIpc) is 2.44. The lowest BCUT2D eigenvalue weighted by atomic mass is 10.1. The van der Waals surface area contributed by atoms with Crippen LogP contribution in [0.5, 0.6) is 0 Å². The molecule has 4 nitrogen and oxygen atoms in total. The van der Waals surface area contributed by atoms with Crippen molar-refractivity contribution in [2.45, 2.75) is 58.8 Å². The van der Waals surface area contributed by atoms with Crippen LogP contribution in [0.2, 0.25) is 0 Å². The molecule has 0 spiro atoms. The largest absolute Gasteiger partial charge is 0.478 e. The summed E-state index contributed by atoms with van der Waals surface area (Å²) in [6.07, 6.45) is 8.18. The lowest BCUT2D eigenvalue weighted by molar-refractivity contribution is -0.138. The molecule has 0 aliphatic rings. The van der Waals surface area contributed by atoms with Crippen LogP contribution in [-0.2, 0) is 14.3 Å². The fraction of sp³-hybridized carbons (Fsp3) is 0.625. The highest BCUT2D eigenvalue weighted by atomic mass is 16.5. The van der Waals surface area contributed by atoms with E-state index >= 15 is 0 Å². The molecule has 0 aliphatic carbocycles. The maximum absolute atomic E-state index is 10.4. The van der Waals surface area contributed by atoms with Gasteiger partial charge in [-0.15, -0.1) is 0 Å². The first-order valence-electron chi connectivity index (χ1n) is 7.19. The zero-order chi connectivity index (χ0) is 15.8. The predicted molar refractivity (Wildman–Crippen MR) is 81.6 cm³/mol. The SMILES string of the molecule is C=C(CCCCC)C(=O)O.C=CC(=O)OCCCCC. The minimum Gasteiger partial charge on any atom is -0.478 e. The van der Waals surface area contributed by atoms with E-state index in [0.717, 1.165) is 38.5 Å². The number of rotatable bonds is 10. The van der Waals surface area contributed by atoms with E-state index in [4.69, 9.17) is 9.84 Å². The number of hydrogen-bond donors (Lipinski definition) is 1. The van der Waals surface area contributed by atoms with Crippen molar-refractivity contribution in [1.29, 1.82) is 0 Å². The molecular formula is C16H28O4. The highest BCUT2D eigenvalue weighted by Gasteiger charge is 2.01. The van der Waals surface area contributed by atoms with Crippen LogP contribution >= 0.6 is 0 Å². The van der Waals surface area contributed by atoms with E-state index < -0.39 is 5.97 Å². The maximum Gasteiger partial charge on any atom is 0.330 e. The average molecular weight is 284 g/mol. The summed E-state index contributed by atoms with van der Waals surface area (Å²) in [5.74, 6) is -1.19. The number of carboxylic acid groups (broad SMARTS) is 1. The van der Waals surface area contributed by atoms with Gasteiger partial charge in [-0.1, -0.05) is 52.7 Å². The van der Waals surface area contributed by atoms with Crippen LogP contribution in [-0.4, -0.2) is 23.7 Å². The van der Waals surface area contributed by atoms with Gasteiger partial charge in [-0.3, -0.25) is 0 Å². The zero-order valence-corrected chi connectivity index (χ0v) is 12.8. The third-order valence-electron chi connectivity index (χ3n) is 2.54. The van der Waals surface area contributed by atoms with Gasteiger partial charge in [0.1, 0.15) is 0 Å². The highest BCUT2D eigenvalue weighted by Crippen LogP contribution is 2.06. The molecule has 0 aromatic rings. The second-order valence-electron chi connectivity index (χ2n) is 4.44. The molecule has 0 bridgehead atoms. The van der Waals surface area contributed by atoms with Crippen molar-refractivity contribution >= 4 is 11.9 Å². The molecule has 0 unspecified atom stereocenters. The Bertz CT molecular complexity index is 293. The number of ether oxygens (including phenoxy) is 1. The monoisotopic (exact) mass is 284 g/mol. The number of carbonyl (C=O) groups is 2. The molecule has 0 saturated heterocycles. The Morgan fingerprint density at radius 3 is 2.10 bits per heavy atom. The molecule has 1 N–H and O–H groups in total. The summed E-state index contributed by atoms with van der Waals surface area (Å²) < 4.78 is 4.74. The van der Waals surface area contributed by atoms with Crippen molar-refractivity contribution in [3.05, 3.63) is 24.8 Å². The number of carbonyl (C=O) groups excluding carboxylic acids is 1. The van der Waals surface area contributed by atoms with E-state index in [2.05, 4.69) is 27.0 Å². The van der Waals surface area contributed by atoms with Crippen molar-refractivity contribution in [2.75, 3.05) is 6.61 Å². The molecule has 0 saturated carbocycles. The highest BCUT2D eigenvalue weighted by molar-refractivity contribution is 5.85. The van der Waals surface area contributed by atoms with Crippen molar-refractivity contribution in [1.82, 2.24) is 0 Å². The normalized spacial score (nSPS) is 9.10. The summed E-state index contributed by atoms with van der Waals surface area (Å²) in [5.41, 5.74) is 0.327.